The Morgan fingerprint density at radius 3 is 1.59 bits per heavy atom. The lowest BCUT2D eigenvalue weighted by Gasteiger charge is -2.11. The first-order chi connectivity index (χ1) is 25.3. The summed E-state index contributed by atoms with van der Waals surface area (Å²) in [5, 5.41) is 7.02. The van der Waals surface area contributed by atoms with E-state index < -0.39 is 0 Å². The van der Waals surface area contributed by atoms with Gasteiger partial charge in [-0.3, -0.25) is 0 Å². The highest BCUT2D eigenvalue weighted by atomic mass is 16.3. The standard InChI is InChI=1S/C48H30N2O/c1-3-12-31(13-4-1)33-16-11-17-35(28-33)50-44-26-23-36(49-42-20-9-7-18-37(42)38-19-8-10-21-43(38)49)30-41(44)47-45(50)27-25-40-39-24-22-34(29-46(39)51-48(40)47)32-14-5-2-6-15-32/h1-30H. The van der Waals surface area contributed by atoms with Crippen molar-refractivity contribution >= 4 is 65.6 Å². The fourth-order valence-electron chi connectivity index (χ4n) is 8.21. The molecule has 0 unspecified atom stereocenters. The average molecular weight is 651 g/mol. The van der Waals surface area contributed by atoms with E-state index in [1.54, 1.807) is 0 Å². The predicted molar refractivity (Wildman–Crippen MR) is 213 cm³/mol. The zero-order valence-corrected chi connectivity index (χ0v) is 27.6. The van der Waals surface area contributed by atoms with Crippen LogP contribution in [0.4, 0.5) is 0 Å². The summed E-state index contributed by atoms with van der Waals surface area (Å²) in [7, 11) is 0. The lowest BCUT2D eigenvalue weighted by Crippen LogP contribution is -1.96. The molecular formula is C48H30N2O. The quantitative estimate of drug-likeness (QED) is 0.186. The zero-order chi connectivity index (χ0) is 33.5. The van der Waals surface area contributed by atoms with Crippen molar-refractivity contribution in [2.75, 3.05) is 0 Å². The van der Waals surface area contributed by atoms with Gasteiger partial charge >= 0.3 is 0 Å². The first kappa shape index (κ1) is 28.0. The molecule has 3 aromatic heterocycles. The molecule has 11 rings (SSSR count). The highest BCUT2D eigenvalue weighted by molar-refractivity contribution is 6.24. The Labute approximate surface area is 293 Å². The van der Waals surface area contributed by atoms with Crippen LogP contribution in [-0.2, 0) is 0 Å². The van der Waals surface area contributed by atoms with Gasteiger partial charge in [-0.05, 0) is 89.0 Å². The van der Waals surface area contributed by atoms with Gasteiger partial charge in [-0.25, -0.2) is 0 Å². The number of furan rings is 1. The number of hydrogen-bond acceptors (Lipinski definition) is 1. The van der Waals surface area contributed by atoms with Gasteiger partial charge in [0, 0.05) is 38.3 Å². The first-order valence-corrected chi connectivity index (χ1v) is 17.4. The number of benzene rings is 8. The SMILES string of the molecule is c1ccc(-c2cccc(-n3c4ccc(-n5c6ccccc6c6ccccc65)cc4c4c5oc6cc(-c7ccccc7)ccc6c5ccc43)c2)cc1. The minimum absolute atomic E-state index is 0.893. The second-order valence-corrected chi connectivity index (χ2v) is 13.3. The molecule has 0 N–H and O–H groups in total. The molecule has 0 radical (unpaired) electrons. The maximum atomic E-state index is 6.93. The summed E-state index contributed by atoms with van der Waals surface area (Å²) >= 11 is 0. The summed E-state index contributed by atoms with van der Waals surface area (Å²) in [6.07, 6.45) is 0. The summed E-state index contributed by atoms with van der Waals surface area (Å²) in [4.78, 5) is 0. The van der Waals surface area contributed by atoms with Crippen LogP contribution < -0.4 is 0 Å². The van der Waals surface area contributed by atoms with Gasteiger partial charge in [0.2, 0.25) is 0 Å². The fraction of sp³-hybridized carbons (Fsp3) is 0. The summed E-state index contributed by atoms with van der Waals surface area (Å²) < 4.78 is 11.7. The van der Waals surface area contributed by atoms with Crippen LogP contribution in [-0.4, -0.2) is 9.13 Å². The van der Waals surface area contributed by atoms with E-state index in [0.29, 0.717) is 0 Å². The van der Waals surface area contributed by atoms with Crippen molar-refractivity contribution in [3.05, 3.63) is 182 Å². The smallest absolute Gasteiger partial charge is 0.145 e. The molecule has 0 atom stereocenters. The van der Waals surface area contributed by atoms with Gasteiger partial charge in [0.25, 0.3) is 0 Å². The maximum absolute atomic E-state index is 6.93. The Hall–Kier alpha value is -6.84. The lowest BCUT2D eigenvalue weighted by molar-refractivity contribution is 0.673. The van der Waals surface area contributed by atoms with E-state index in [0.717, 1.165) is 60.7 Å². The van der Waals surface area contributed by atoms with E-state index >= 15 is 0 Å². The molecule has 0 aliphatic heterocycles. The topological polar surface area (TPSA) is 23.0 Å². The minimum atomic E-state index is 0.893. The Balaban J connectivity index is 1.23. The minimum Gasteiger partial charge on any atom is -0.455 e. The zero-order valence-electron chi connectivity index (χ0n) is 27.6. The van der Waals surface area contributed by atoms with Gasteiger partial charge in [0.15, 0.2) is 0 Å². The lowest BCUT2D eigenvalue weighted by atomic mass is 10.0. The third-order valence-electron chi connectivity index (χ3n) is 10.5. The molecule has 0 spiro atoms. The van der Waals surface area contributed by atoms with Crippen LogP contribution in [0.1, 0.15) is 0 Å². The Kier molecular flexibility index (Phi) is 5.96. The van der Waals surface area contributed by atoms with Crippen LogP contribution in [0.3, 0.4) is 0 Å². The molecule has 3 nitrogen and oxygen atoms in total. The first-order valence-electron chi connectivity index (χ1n) is 17.4. The molecule has 238 valence electrons. The number of fused-ring (bicyclic) bond motifs is 10. The van der Waals surface area contributed by atoms with Crippen molar-refractivity contribution in [2.45, 2.75) is 0 Å². The number of rotatable bonds is 4. The second-order valence-electron chi connectivity index (χ2n) is 13.3. The molecule has 3 heteroatoms. The molecular weight excluding hydrogens is 621 g/mol. The maximum Gasteiger partial charge on any atom is 0.145 e. The van der Waals surface area contributed by atoms with E-state index in [2.05, 4.69) is 191 Å². The number of nitrogens with zero attached hydrogens (tertiary/aromatic N) is 2. The van der Waals surface area contributed by atoms with Crippen molar-refractivity contribution < 1.29 is 4.42 Å². The molecule has 0 aliphatic rings. The largest absolute Gasteiger partial charge is 0.455 e. The number of hydrogen-bond donors (Lipinski definition) is 0. The molecule has 8 aromatic carbocycles. The molecule has 11 aromatic rings. The molecule has 0 saturated carbocycles. The van der Waals surface area contributed by atoms with Crippen molar-refractivity contribution in [3.8, 4) is 33.6 Å². The van der Waals surface area contributed by atoms with Crippen LogP contribution >= 0.6 is 0 Å². The highest BCUT2D eigenvalue weighted by Gasteiger charge is 2.21. The normalized spacial score (nSPS) is 11.9. The van der Waals surface area contributed by atoms with Gasteiger partial charge in [-0.15, -0.1) is 0 Å². The van der Waals surface area contributed by atoms with Crippen molar-refractivity contribution in [1.82, 2.24) is 9.13 Å². The predicted octanol–water partition coefficient (Wildman–Crippen LogP) is 13.1. The molecule has 3 heterocycles. The van der Waals surface area contributed by atoms with E-state index in [4.69, 9.17) is 4.42 Å². The Morgan fingerprint density at radius 2 is 0.863 bits per heavy atom. The third kappa shape index (κ3) is 4.19. The summed E-state index contributed by atoms with van der Waals surface area (Å²) in [5.41, 5.74) is 13.4. The molecule has 0 bridgehead atoms. The van der Waals surface area contributed by atoms with Crippen LogP contribution in [0, 0.1) is 0 Å². The molecule has 0 aliphatic carbocycles. The van der Waals surface area contributed by atoms with Crippen LogP contribution in [0.2, 0.25) is 0 Å². The van der Waals surface area contributed by atoms with E-state index in [-0.39, 0.29) is 0 Å². The molecule has 0 amide bonds. The Bertz CT molecular complexity index is 3070. The Morgan fingerprint density at radius 1 is 0.314 bits per heavy atom. The van der Waals surface area contributed by atoms with Gasteiger partial charge < -0.3 is 13.6 Å². The highest BCUT2D eigenvalue weighted by Crippen LogP contribution is 2.43. The van der Waals surface area contributed by atoms with Crippen LogP contribution in [0.15, 0.2) is 186 Å². The van der Waals surface area contributed by atoms with Gasteiger partial charge in [0.1, 0.15) is 11.2 Å². The molecule has 0 fully saturated rings. The summed E-state index contributed by atoms with van der Waals surface area (Å²) in [6.45, 7) is 0. The number of aromatic nitrogens is 2. The number of para-hydroxylation sites is 2. The van der Waals surface area contributed by atoms with Crippen molar-refractivity contribution in [1.29, 1.82) is 0 Å². The van der Waals surface area contributed by atoms with Crippen LogP contribution in [0.25, 0.3) is 99.2 Å². The van der Waals surface area contributed by atoms with E-state index in [1.807, 2.05) is 0 Å². The monoisotopic (exact) mass is 650 g/mol. The summed E-state index contributed by atoms with van der Waals surface area (Å²) in [5.74, 6) is 0. The van der Waals surface area contributed by atoms with Gasteiger partial charge in [-0.1, -0.05) is 115 Å². The molecule has 51 heavy (non-hydrogen) atoms. The second kappa shape index (κ2) is 10.8. The van der Waals surface area contributed by atoms with Gasteiger partial charge in [-0.2, -0.15) is 0 Å². The van der Waals surface area contributed by atoms with E-state index in [1.165, 1.54) is 38.5 Å². The van der Waals surface area contributed by atoms with E-state index in [9.17, 15) is 0 Å². The van der Waals surface area contributed by atoms with Crippen molar-refractivity contribution in [3.63, 3.8) is 0 Å². The summed E-state index contributed by atoms with van der Waals surface area (Å²) in [6, 6.07) is 65.4. The van der Waals surface area contributed by atoms with Crippen molar-refractivity contribution in [2.24, 2.45) is 0 Å². The molecule has 0 saturated heterocycles. The fourth-order valence-corrected chi connectivity index (χ4v) is 8.21. The third-order valence-corrected chi connectivity index (χ3v) is 10.5. The van der Waals surface area contributed by atoms with Crippen LogP contribution in [0.5, 0.6) is 0 Å². The average Bonchev–Trinajstić information content (AvgIpc) is 3.85. The van der Waals surface area contributed by atoms with Gasteiger partial charge in [0.05, 0.1) is 27.5 Å².